The number of anilines is 1. The molecule has 1 aliphatic heterocycles. The fraction of sp³-hybridized carbons (Fsp3) is 0.500. The minimum Gasteiger partial charge on any atom is -0.461 e. The minimum absolute atomic E-state index is 0.0117. The van der Waals surface area contributed by atoms with E-state index in [4.69, 9.17) is 15.2 Å². The van der Waals surface area contributed by atoms with E-state index in [-0.39, 0.29) is 29.6 Å². The zero-order valence-electron chi connectivity index (χ0n) is 25.3. The van der Waals surface area contributed by atoms with Crippen LogP contribution in [-0.2, 0) is 19.1 Å². The van der Waals surface area contributed by atoms with Crippen LogP contribution in [0.2, 0.25) is 0 Å². The molecule has 5 rings (SSSR count). The molecule has 1 saturated heterocycles. The molecule has 1 saturated carbocycles. The zero-order chi connectivity index (χ0) is 31.1. The van der Waals surface area contributed by atoms with Gasteiger partial charge in [-0.3, -0.25) is 9.59 Å². The van der Waals surface area contributed by atoms with Gasteiger partial charge in [0.2, 0.25) is 11.8 Å². The Balaban J connectivity index is 1.29. The van der Waals surface area contributed by atoms with Gasteiger partial charge in [-0.05, 0) is 80.7 Å². The molecular weight excluding hydrogens is 563 g/mol. The van der Waals surface area contributed by atoms with E-state index in [0.29, 0.717) is 63.2 Å². The monoisotopic (exact) mass is 606 g/mol. The summed E-state index contributed by atoms with van der Waals surface area (Å²) in [6.07, 6.45) is 4.95. The maximum absolute atomic E-state index is 14.0. The normalized spacial score (nSPS) is 22.6. The first-order chi connectivity index (χ1) is 21.4. The number of rotatable bonds is 12. The van der Waals surface area contributed by atoms with Crippen LogP contribution >= 0.6 is 0 Å². The van der Waals surface area contributed by atoms with E-state index in [9.17, 15) is 18.8 Å². The van der Waals surface area contributed by atoms with E-state index in [1.165, 1.54) is 0 Å². The second-order valence-electron chi connectivity index (χ2n) is 12.0. The number of H-pyrrole nitrogens is 1. The Morgan fingerprint density at radius 1 is 1.02 bits per heavy atom. The molecule has 44 heavy (non-hydrogen) atoms. The number of unbranched alkanes of at least 4 members (excludes halogenated alkanes) is 1. The van der Waals surface area contributed by atoms with Crippen molar-refractivity contribution in [2.45, 2.75) is 62.9 Å². The van der Waals surface area contributed by atoms with Gasteiger partial charge < -0.3 is 30.4 Å². The van der Waals surface area contributed by atoms with Crippen LogP contribution in [-0.4, -0.2) is 73.3 Å². The lowest BCUT2D eigenvalue weighted by Crippen LogP contribution is -2.48. The lowest BCUT2D eigenvalue weighted by Gasteiger charge is -2.35. The van der Waals surface area contributed by atoms with E-state index in [0.717, 1.165) is 29.3 Å². The van der Waals surface area contributed by atoms with Gasteiger partial charge in [0.05, 0.1) is 6.61 Å². The standard InChI is InChI=1S/C34H43FN4O5/c1-43-17-5-6-18-44-34(42)30-20-25-19-26(13-14-29(25)38-30)37-32(40)31-27(22-7-3-2-4-8-22)15-16-39(31)33(41)24-11-9-23(10-12-24)28(36)21-35/h2-4,7-8,13-14,19-20,23-24,27-28,31,38H,5-6,9-12,15-18,21,36H2,1H3,(H,37,40)/t23?,24?,27-,28-,31+/m1/s1. The molecule has 2 fully saturated rings. The van der Waals surface area contributed by atoms with Crippen molar-refractivity contribution in [2.24, 2.45) is 17.6 Å². The number of fused-ring (bicyclic) bond motifs is 1. The van der Waals surface area contributed by atoms with Crippen LogP contribution in [0.5, 0.6) is 0 Å². The summed E-state index contributed by atoms with van der Waals surface area (Å²) in [6.45, 7) is 0.875. The summed E-state index contributed by atoms with van der Waals surface area (Å²) >= 11 is 0. The minimum atomic E-state index is -0.665. The van der Waals surface area contributed by atoms with Crippen LogP contribution in [0, 0.1) is 11.8 Å². The summed E-state index contributed by atoms with van der Waals surface area (Å²) in [5.41, 5.74) is 8.63. The van der Waals surface area contributed by atoms with Gasteiger partial charge in [0.15, 0.2) is 0 Å². The number of halogens is 1. The third-order valence-electron chi connectivity index (χ3n) is 9.17. The van der Waals surface area contributed by atoms with Crippen molar-refractivity contribution in [1.29, 1.82) is 0 Å². The molecule has 4 N–H and O–H groups in total. The molecule has 9 nitrogen and oxygen atoms in total. The van der Waals surface area contributed by atoms with Gasteiger partial charge in [-0.2, -0.15) is 0 Å². The van der Waals surface area contributed by atoms with Crippen LogP contribution in [0.4, 0.5) is 10.1 Å². The second kappa shape index (κ2) is 14.8. The highest BCUT2D eigenvalue weighted by molar-refractivity contribution is 6.01. The summed E-state index contributed by atoms with van der Waals surface area (Å²) in [6, 6.07) is 15.8. The molecule has 2 amide bonds. The zero-order valence-corrected chi connectivity index (χ0v) is 25.3. The predicted octanol–water partition coefficient (Wildman–Crippen LogP) is 5.18. The van der Waals surface area contributed by atoms with Gasteiger partial charge in [-0.25, -0.2) is 9.18 Å². The summed E-state index contributed by atoms with van der Waals surface area (Å²) in [5, 5.41) is 3.81. The Hall–Kier alpha value is -3.76. The molecule has 0 unspecified atom stereocenters. The topological polar surface area (TPSA) is 127 Å². The van der Waals surface area contributed by atoms with Crippen molar-refractivity contribution in [3.05, 3.63) is 65.9 Å². The quantitative estimate of drug-likeness (QED) is 0.193. The number of likely N-dealkylation sites (tertiary alicyclic amines) is 1. The number of ether oxygens (including phenoxy) is 2. The fourth-order valence-electron chi connectivity index (χ4n) is 6.70. The number of methoxy groups -OCH3 is 1. The largest absolute Gasteiger partial charge is 0.461 e. The van der Waals surface area contributed by atoms with Crippen molar-refractivity contribution >= 4 is 34.4 Å². The van der Waals surface area contributed by atoms with E-state index >= 15 is 0 Å². The number of carbonyl (C=O) groups is 3. The molecule has 2 aromatic carbocycles. The Morgan fingerprint density at radius 2 is 1.77 bits per heavy atom. The first-order valence-electron chi connectivity index (χ1n) is 15.7. The Morgan fingerprint density at radius 3 is 2.50 bits per heavy atom. The van der Waals surface area contributed by atoms with Crippen molar-refractivity contribution in [3.8, 4) is 0 Å². The Labute approximate surface area is 257 Å². The lowest BCUT2D eigenvalue weighted by atomic mass is 9.78. The highest BCUT2D eigenvalue weighted by Crippen LogP contribution is 2.38. The molecule has 2 heterocycles. The number of nitrogens with zero attached hydrogens (tertiary/aromatic N) is 1. The van der Waals surface area contributed by atoms with E-state index in [1.807, 2.05) is 42.5 Å². The number of hydrogen-bond acceptors (Lipinski definition) is 6. The molecule has 3 aromatic rings. The van der Waals surface area contributed by atoms with E-state index < -0.39 is 24.7 Å². The predicted molar refractivity (Wildman–Crippen MR) is 167 cm³/mol. The van der Waals surface area contributed by atoms with Gasteiger partial charge in [0.1, 0.15) is 18.4 Å². The molecule has 0 spiro atoms. The number of aromatic amines is 1. The number of nitrogens with one attached hydrogen (secondary N) is 2. The first-order valence-corrected chi connectivity index (χ1v) is 15.7. The Bertz CT molecular complexity index is 1420. The summed E-state index contributed by atoms with van der Waals surface area (Å²) in [7, 11) is 1.64. The van der Waals surface area contributed by atoms with Gasteiger partial charge in [-0.15, -0.1) is 0 Å². The fourth-order valence-corrected chi connectivity index (χ4v) is 6.70. The second-order valence-corrected chi connectivity index (χ2v) is 12.0. The molecule has 0 radical (unpaired) electrons. The van der Waals surface area contributed by atoms with Crippen LogP contribution in [0.25, 0.3) is 10.9 Å². The highest BCUT2D eigenvalue weighted by atomic mass is 19.1. The van der Waals surface area contributed by atoms with Crippen LogP contribution in [0.1, 0.15) is 66.9 Å². The number of benzene rings is 2. The molecule has 3 atom stereocenters. The third-order valence-corrected chi connectivity index (χ3v) is 9.17. The SMILES string of the molecule is COCCCCOC(=O)c1cc2cc(NC(=O)[C@@H]3[C@@H](c4ccccc4)CCN3C(=O)C3CCC([C@H](N)CF)CC3)ccc2[nH]1. The number of nitrogens with two attached hydrogens (primary N) is 1. The Kier molecular flexibility index (Phi) is 10.7. The highest BCUT2D eigenvalue weighted by Gasteiger charge is 2.44. The molecule has 236 valence electrons. The molecule has 1 aromatic heterocycles. The van der Waals surface area contributed by atoms with Crippen LogP contribution in [0.3, 0.4) is 0 Å². The molecule has 0 bridgehead atoms. The van der Waals surface area contributed by atoms with Gasteiger partial charge in [0, 0.05) is 54.7 Å². The third kappa shape index (κ3) is 7.30. The van der Waals surface area contributed by atoms with Crippen LogP contribution in [0.15, 0.2) is 54.6 Å². The van der Waals surface area contributed by atoms with E-state index in [1.54, 1.807) is 24.1 Å². The first kappa shape index (κ1) is 31.7. The average molecular weight is 607 g/mol. The number of aromatic nitrogens is 1. The number of alkyl halides is 1. The number of esters is 1. The number of hydrogen-bond donors (Lipinski definition) is 3. The van der Waals surface area contributed by atoms with Crippen molar-refractivity contribution in [2.75, 3.05) is 38.9 Å². The smallest absolute Gasteiger partial charge is 0.354 e. The average Bonchev–Trinajstić information content (AvgIpc) is 3.69. The summed E-state index contributed by atoms with van der Waals surface area (Å²) in [5.74, 6) is -0.943. The molecule has 10 heteroatoms. The van der Waals surface area contributed by atoms with Crippen molar-refractivity contribution < 1.29 is 28.2 Å². The number of amides is 2. The molecule has 1 aliphatic carbocycles. The van der Waals surface area contributed by atoms with Crippen LogP contribution < -0.4 is 11.1 Å². The summed E-state index contributed by atoms with van der Waals surface area (Å²) in [4.78, 5) is 45.2. The van der Waals surface area contributed by atoms with E-state index in [2.05, 4.69) is 10.3 Å². The number of carbonyl (C=O) groups excluding carboxylic acids is 3. The van der Waals surface area contributed by atoms with Gasteiger partial charge >= 0.3 is 5.97 Å². The van der Waals surface area contributed by atoms with Gasteiger partial charge in [-0.1, -0.05) is 30.3 Å². The lowest BCUT2D eigenvalue weighted by molar-refractivity contribution is -0.141. The molecule has 2 aliphatic rings. The maximum Gasteiger partial charge on any atom is 0.354 e. The maximum atomic E-state index is 14.0. The van der Waals surface area contributed by atoms with Crippen molar-refractivity contribution in [3.63, 3.8) is 0 Å². The van der Waals surface area contributed by atoms with Crippen molar-refractivity contribution in [1.82, 2.24) is 9.88 Å². The summed E-state index contributed by atoms with van der Waals surface area (Å²) < 4.78 is 23.5. The molecular formula is C34H43FN4O5. The van der Waals surface area contributed by atoms with Gasteiger partial charge in [0.25, 0.3) is 0 Å².